The van der Waals surface area contributed by atoms with Gasteiger partial charge in [0.2, 0.25) is 0 Å². The molecule has 0 aliphatic rings. The Bertz CT molecular complexity index is 502. The summed E-state index contributed by atoms with van der Waals surface area (Å²) >= 11 is 0. The number of aromatic carboxylic acids is 1. The predicted octanol–water partition coefficient (Wildman–Crippen LogP) is 1.77. The molecule has 0 heterocycles. The molecule has 1 aromatic rings. The number of carbonyl (C=O) groups is 2. The van der Waals surface area contributed by atoms with Crippen molar-refractivity contribution in [1.29, 1.82) is 0 Å². The van der Waals surface area contributed by atoms with Gasteiger partial charge in [-0.3, -0.25) is 0 Å². The summed E-state index contributed by atoms with van der Waals surface area (Å²) in [5.41, 5.74) is -0.538. The lowest BCUT2D eigenvalue weighted by Crippen LogP contribution is -2.36. The van der Waals surface area contributed by atoms with Crippen molar-refractivity contribution in [3.8, 4) is 5.75 Å². The molecule has 0 unspecified atom stereocenters. The van der Waals surface area contributed by atoms with E-state index in [1.807, 2.05) is 5.32 Å². The minimum absolute atomic E-state index is 0.0603. The van der Waals surface area contributed by atoms with Crippen LogP contribution in [0.2, 0.25) is 0 Å². The standard InChI is InChI=1S/C10H9F3N2O4/c11-10(12,13)4-14-9(19)15-5-1-2-7(16)6(3-5)8(17)18/h1-3,16H,4H2,(H,17,18)(H2,14,15,19). The zero-order chi connectivity index (χ0) is 14.6. The van der Waals surface area contributed by atoms with Gasteiger partial charge in [-0.15, -0.1) is 0 Å². The van der Waals surface area contributed by atoms with E-state index in [1.54, 1.807) is 5.32 Å². The second kappa shape index (κ2) is 5.46. The fourth-order valence-electron chi connectivity index (χ4n) is 1.14. The van der Waals surface area contributed by atoms with E-state index in [2.05, 4.69) is 0 Å². The zero-order valence-electron chi connectivity index (χ0n) is 9.28. The number of rotatable bonds is 3. The third-order valence-electron chi connectivity index (χ3n) is 1.93. The molecule has 0 fully saturated rings. The lowest BCUT2D eigenvalue weighted by atomic mass is 10.2. The fourth-order valence-corrected chi connectivity index (χ4v) is 1.14. The summed E-state index contributed by atoms with van der Waals surface area (Å²) in [5.74, 6) is -1.95. The van der Waals surface area contributed by atoms with E-state index in [4.69, 9.17) is 5.11 Å². The number of carbonyl (C=O) groups excluding carboxylic acids is 1. The number of anilines is 1. The largest absolute Gasteiger partial charge is 0.507 e. The number of urea groups is 1. The smallest absolute Gasteiger partial charge is 0.405 e. The van der Waals surface area contributed by atoms with Crippen LogP contribution in [0.4, 0.5) is 23.7 Å². The number of phenols is 1. The van der Waals surface area contributed by atoms with Crippen LogP contribution in [0.15, 0.2) is 18.2 Å². The molecule has 0 aliphatic carbocycles. The van der Waals surface area contributed by atoms with Crippen molar-refractivity contribution in [2.75, 3.05) is 11.9 Å². The molecule has 0 radical (unpaired) electrons. The molecule has 0 saturated heterocycles. The predicted molar refractivity (Wildman–Crippen MR) is 58.1 cm³/mol. The van der Waals surface area contributed by atoms with Crippen molar-refractivity contribution in [3.63, 3.8) is 0 Å². The number of aromatic hydroxyl groups is 1. The van der Waals surface area contributed by atoms with Crippen molar-refractivity contribution >= 4 is 17.7 Å². The van der Waals surface area contributed by atoms with Gasteiger partial charge in [-0.2, -0.15) is 13.2 Å². The van der Waals surface area contributed by atoms with Crippen LogP contribution >= 0.6 is 0 Å². The second-order valence-corrected chi connectivity index (χ2v) is 3.46. The molecule has 0 bridgehead atoms. The molecule has 0 aliphatic heterocycles. The number of amides is 2. The lowest BCUT2D eigenvalue weighted by molar-refractivity contribution is -0.122. The van der Waals surface area contributed by atoms with Gasteiger partial charge in [0, 0.05) is 5.69 Å². The van der Waals surface area contributed by atoms with Gasteiger partial charge in [0.1, 0.15) is 17.9 Å². The molecule has 0 saturated carbocycles. The Morgan fingerprint density at radius 3 is 2.42 bits per heavy atom. The molecule has 0 atom stereocenters. The van der Waals surface area contributed by atoms with Crippen molar-refractivity contribution in [2.24, 2.45) is 0 Å². The van der Waals surface area contributed by atoms with E-state index in [-0.39, 0.29) is 5.69 Å². The van der Waals surface area contributed by atoms with E-state index < -0.39 is 36.0 Å². The average molecular weight is 278 g/mol. The monoisotopic (exact) mass is 278 g/mol. The quantitative estimate of drug-likeness (QED) is 0.633. The second-order valence-electron chi connectivity index (χ2n) is 3.46. The number of alkyl halides is 3. The number of hydrogen-bond acceptors (Lipinski definition) is 3. The van der Waals surface area contributed by atoms with Crippen LogP contribution < -0.4 is 10.6 Å². The van der Waals surface area contributed by atoms with Gasteiger partial charge < -0.3 is 20.8 Å². The fraction of sp³-hybridized carbons (Fsp3) is 0.200. The molecule has 6 nitrogen and oxygen atoms in total. The van der Waals surface area contributed by atoms with Crippen molar-refractivity contribution in [2.45, 2.75) is 6.18 Å². The third kappa shape index (κ3) is 4.74. The topological polar surface area (TPSA) is 98.7 Å². The van der Waals surface area contributed by atoms with Crippen molar-refractivity contribution < 1.29 is 33.0 Å². The van der Waals surface area contributed by atoms with Crippen LogP contribution in [0.5, 0.6) is 5.75 Å². The Kier molecular flexibility index (Phi) is 4.20. The van der Waals surface area contributed by atoms with Crippen molar-refractivity contribution in [3.05, 3.63) is 23.8 Å². The van der Waals surface area contributed by atoms with Crippen LogP contribution in [0.3, 0.4) is 0 Å². The highest BCUT2D eigenvalue weighted by molar-refractivity contribution is 5.95. The number of carboxylic acid groups (broad SMARTS) is 1. The summed E-state index contributed by atoms with van der Waals surface area (Å²) in [4.78, 5) is 21.8. The van der Waals surface area contributed by atoms with Crippen LogP contribution in [0.25, 0.3) is 0 Å². The van der Waals surface area contributed by atoms with E-state index in [9.17, 15) is 27.9 Å². The number of halogens is 3. The number of hydrogen-bond donors (Lipinski definition) is 4. The van der Waals surface area contributed by atoms with E-state index in [0.717, 1.165) is 18.2 Å². The third-order valence-corrected chi connectivity index (χ3v) is 1.93. The molecule has 9 heteroatoms. The zero-order valence-corrected chi connectivity index (χ0v) is 9.28. The maximum absolute atomic E-state index is 11.8. The first kappa shape index (κ1) is 14.6. The van der Waals surface area contributed by atoms with Gasteiger partial charge in [0.05, 0.1) is 0 Å². The Morgan fingerprint density at radius 1 is 1.26 bits per heavy atom. The van der Waals surface area contributed by atoms with Gasteiger partial charge in [0.25, 0.3) is 0 Å². The minimum atomic E-state index is -4.54. The molecular formula is C10H9F3N2O4. The summed E-state index contributed by atoms with van der Waals surface area (Å²) in [6.45, 7) is -1.51. The van der Waals surface area contributed by atoms with Gasteiger partial charge in [-0.25, -0.2) is 9.59 Å². The first-order valence-corrected chi connectivity index (χ1v) is 4.87. The highest BCUT2D eigenvalue weighted by Gasteiger charge is 2.27. The highest BCUT2D eigenvalue weighted by atomic mass is 19.4. The molecule has 2 amide bonds. The molecule has 104 valence electrons. The summed E-state index contributed by atoms with van der Waals surface area (Å²) in [5, 5.41) is 21.5. The number of benzene rings is 1. The maximum atomic E-state index is 11.8. The highest BCUT2D eigenvalue weighted by Crippen LogP contribution is 2.21. The molecular weight excluding hydrogens is 269 g/mol. The average Bonchev–Trinajstić information content (AvgIpc) is 2.28. The van der Waals surface area contributed by atoms with Crippen molar-refractivity contribution in [1.82, 2.24) is 5.32 Å². The van der Waals surface area contributed by atoms with Crippen LogP contribution in [-0.2, 0) is 0 Å². The SMILES string of the molecule is O=C(NCC(F)(F)F)Nc1ccc(O)c(C(=O)O)c1. The Morgan fingerprint density at radius 2 is 1.89 bits per heavy atom. The lowest BCUT2D eigenvalue weighted by Gasteiger charge is -2.10. The van der Waals surface area contributed by atoms with Gasteiger partial charge >= 0.3 is 18.2 Å². The number of nitrogens with one attached hydrogen (secondary N) is 2. The Hall–Kier alpha value is -2.45. The van der Waals surface area contributed by atoms with Gasteiger partial charge in [-0.1, -0.05) is 0 Å². The maximum Gasteiger partial charge on any atom is 0.405 e. The van der Waals surface area contributed by atoms with Gasteiger partial charge in [-0.05, 0) is 18.2 Å². The molecule has 4 N–H and O–H groups in total. The Labute approximate surface area is 104 Å². The minimum Gasteiger partial charge on any atom is -0.507 e. The van der Waals surface area contributed by atoms with E-state index >= 15 is 0 Å². The van der Waals surface area contributed by atoms with Gasteiger partial charge in [0.15, 0.2) is 0 Å². The van der Waals surface area contributed by atoms with Crippen LogP contribution in [0, 0.1) is 0 Å². The molecule has 19 heavy (non-hydrogen) atoms. The summed E-state index contributed by atoms with van der Waals surface area (Å²) < 4.78 is 35.5. The summed E-state index contributed by atoms with van der Waals surface area (Å²) in [6, 6.07) is 1.93. The number of carboxylic acids is 1. The Balaban J connectivity index is 2.70. The van der Waals surface area contributed by atoms with E-state index in [1.165, 1.54) is 0 Å². The first-order chi connectivity index (χ1) is 8.69. The van der Waals surface area contributed by atoms with E-state index in [0.29, 0.717) is 0 Å². The summed E-state index contributed by atoms with van der Waals surface area (Å²) in [7, 11) is 0. The molecule has 1 aromatic carbocycles. The van der Waals surface area contributed by atoms with Crippen LogP contribution in [-0.4, -0.2) is 34.9 Å². The normalized spacial score (nSPS) is 10.9. The van der Waals surface area contributed by atoms with Crippen LogP contribution in [0.1, 0.15) is 10.4 Å². The summed E-state index contributed by atoms with van der Waals surface area (Å²) in [6.07, 6.45) is -4.54. The molecule has 0 spiro atoms. The first-order valence-electron chi connectivity index (χ1n) is 4.87. The molecule has 1 rings (SSSR count). The molecule has 0 aromatic heterocycles.